The molecule has 0 aliphatic carbocycles. The quantitative estimate of drug-likeness (QED) is 0.917. The van der Waals surface area contributed by atoms with Gasteiger partial charge < -0.3 is 10.1 Å². The Balaban J connectivity index is 2.06. The molecule has 1 aromatic carbocycles. The molecule has 1 N–H and O–H groups in total. The topological polar surface area (TPSA) is 55.4 Å². The first-order valence-corrected chi connectivity index (χ1v) is 8.43. The molecule has 4 nitrogen and oxygen atoms in total. The number of hydrogen-bond acceptors (Lipinski definition) is 4. The van der Waals surface area contributed by atoms with E-state index in [0.29, 0.717) is 5.75 Å². The van der Waals surface area contributed by atoms with E-state index in [1.807, 2.05) is 31.2 Å². The van der Waals surface area contributed by atoms with Gasteiger partial charge >= 0.3 is 0 Å². The van der Waals surface area contributed by atoms with E-state index in [0.717, 1.165) is 24.2 Å². The maximum atomic E-state index is 11.6. The van der Waals surface area contributed by atoms with Gasteiger partial charge in [-0.3, -0.25) is 0 Å². The van der Waals surface area contributed by atoms with Gasteiger partial charge in [0.25, 0.3) is 0 Å². The molecule has 0 radical (unpaired) electrons. The highest BCUT2D eigenvalue weighted by Gasteiger charge is 2.26. The summed E-state index contributed by atoms with van der Waals surface area (Å²) in [4.78, 5) is 0. The van der Waals surface area contributed by atoms with Gasteiger partial charge in [0.2, 0.25) is 0 Å². The Kier molecular flexibility index (Phi) is 4.47. The van der Waals surface area contributed by atoms with E-state index < -0.39 is 9.84 Å². The van der Waals surface area contributed by atoms with Crippen LogP contribution in [0.3, 0.4) is 0 Å². The molecule has 2 rings (SSSR count). The zero-order chi connectivity index (χ0) is 13.9. The Labute approximate surface area is 115 Å². The first-order chi connectivity index (χ1) is 9.02. The highest BCUT2D eigenvalue weighted by atomic mass is 32.2. The fourth-order valence-corrected chi connectivity index (χ4v) is 4.27. The summed E-state index contributed by atoms with van der Waals surface area (Å²) in [7, 11) is -1.22. The normalized spacial score (nSPS) is 23.8. The van der Waals surface area contributed by atoms with Gasteiger partial charge in [-0.15, -0.1) is 0 Å². The van der Waals surface area contributed by atoms with Crippen LogP contribution in [0.1, 0.15) is 31.4 Å². The summed E-state index contributed by atoms with van der Waals surface area (Å²) >= 11 is 0. The summed E-state index contributed by atoms with van der Waals surface area (Å²) < 4.78 is 28.6. The van der Waals surface area contributed by atoms with Crippen molar-refractivity contribution in [1.29, 1.82) is 0 Å². The van der Waals surface area contributed by atoms with Crippen LogP contribution in [0.2, 0.25) is 0 Å². The summed E-state index contributed by atoms with van der Waals surface area (Å²) in [5.41, 5.74) is 1.06. The Morgan fingerprint density at radius 2 is 2.11 bits per heavy atom. The minimum Gasteiger partial charge on any atom is -0.496 e. The van der Waals surface area contributed by atoms with Crippen LogP contribution in [0, 0.1) is 0 Å². The average Bonchev–Trinajstić information content (AvgIpc) is 2.37. The number of nitrogens with one attached hydrogen (secondary N) is 1. The van der Waals surface area contributed by atoms with Crippen molar-refractivity contribution in [1.82, 2.24) is 5.32 Å². The number of ether oxygens (including phenoxy) is 1. The number of methoxy groups -OCH3 is 1. The molecule has 0 aromatic heterocycles. The standard InChI is InChI=1S/C14H21NO3S/c1-11(13-7-3-4-8-14(13)18-2)15-12-6-5-9-19(16,17)10-12/h3-4,7-8,11-12,15H,5-6,9-10H2,1-2H3/t11-,12?/m0/s1. The average molecular weight is 283 g/mol. The molecule has 1 saturated heterocycles. The van der Waals surface area contributed by atoms with Crippen molar-refractivity contribution in [3.63, 3.8) is 0 Å². The summed E-state index contributed by atoms with van der Waals surface area (Å²) in [6.07, 6.45) is 1.66. The molecule has 5 heteroatoms. The molecule has 0 spiro atoms. The maximum absolute atomic E-state index is 11.6. The molecule has 1 heterocycles. The van der Waals surface area contributed by atoms with Crippen LogP contribution in [-0.4, -0.2) is 33.1 Å². The van der Waals surface area contributed by atoms with Crippen molar-refractivity contribution in [2.75, 3.05) is 18.6 Å². The number of sulfone groups is 1. The van der Waals surface area contributed by atoms with Crippen LogP contribution in [0.25, 0.3) is 0 Å². The van der Waals surface area contributed by atoms with Gasteiger partial charge in [-0.25, -0.2) is 8.42 Å². The van der Waals surface area contributed by atoms with Crippen LogP contribution < -0.4 is 10.1 Å². The molecule has 0 saturated carbocycles. The van der Waals surface area contributed by atoms with Gasteiger partial charge in [0.1, 0.15) is 5.75 Å². The van der Waals surface area contributed by atoms with Crippen LogP contribution in [-0.2, 0) is 9.84 Å². The van der Waals surface area contributed by atoms with Gasteiger partial charge in [0.05, 0.1) is 18.6 Å². The molecule has 1 unspecified atom stereocenters. The monoisotopic (exact) mass is 283 g/mol. The number of hydrogen-bond donors (Lipinski definition) is 1. The number of rotatable bonds is 4. The minimum absolute atomic E-state index is 0.0404. The first-order valence-electron chi connectivity index (χ1n) is 6.61. The molecule has 19 heavy (non-hydrogen) atoms. The molecular formula is C14H21NO3S. The van der Waals surface area contributed by atoms with Gasteiger partial charge in [0.15, 0.2) is 9.84 Å². The lowest BCUT2D eigenvalue weighted by molar-refractivity contribution is 0.390. The fraction of sp³-hybridized carbons (Fsp3) is 0.571. The van der Waals surface area contributed by atoms with Crippen LogP contribution in [0.15, 0.2) is 24.3 Å². The summed E-state index contributed by atoms with van der Waals surface area (Å²) in [6.45, 7) is 2.04. The summed E-state index contributed by atoms with van der Waals surface area (Å²) in [6, 6.07) is 7.94. The van der Waals surface area contributed by atoms with Gasteiger partial charge in [-0.2, -0.15) is 0 Å². The van der Waals surface area contributed by atoms with E-state index in [2.05, 4.69) is 5.32 Å². The first kappa shape index (κ1) is 14.3. The molecule has 0 amide bonds. The van der Waals surface area contributed by atoms with Crippen molar-refractivity contribution < 1.29 is 13.2 Å². The van der Waals surface area contributed by atoms with E-state index in [1.54, 1.807) is 7.11 Å². The third kappa shape index (κ3) is 3.70. The van der Waals surface area contributed by atoms with Crippen molar-refractivity contribution in [3.05, 3.63) is 29.8 Å². The second kappa shape index (κ2) is 5.92. The van der Waals surface area contributed by atoms with E-state index >= 15 is 0 Å². The smallest absolute Gasteiger partial charge is 0.151 e. The van der Waals surface area contributed by atoms with Gasteiger partial charge in [-0.05, 0) is 25.8 Å². The van der Waals surface area contributed by atoms with Crippen LogP contribution >= 0.6 is 0 Å². The lowest BCUT2D eigenvalue weighted by Gasteiger charge is -2.27. The Bertz CT molecular complexity index is 527. The summed E-state index contributed by atoms with van der Waals surface area (Å²) in [5.74, 6) is 1.40. The second-order valence-electron chi connectivity index (χ2n) is 5.08. The van der Waals surface area contributed by atoms with E-state index in [4.69, 9.17) is 4.74 Å². The second-order valence-corrected chi connectivity index (χ2v) is 7.31. The number of para-hydroxylation sites is 1. The van der Waals surface area contributed by atoms with Crippen molar-refractivity contribution in [3.8, 4) is 5.75 Å². The molecule has 1 aliphatic rings. The minimum atomic E-state index is -2.87. The molecule has 106 valence electrons. The van der Waals surface area contributed by atoms with E-state index in [1.165, 1.54) is 0 Å². The Hall–Kier alpha value is -1.07. The highest BCUT2D eigenvalue weighted by Crippen LogP contribution is 2.25. The Morgan fingerprint density at radius 3 is 2.79 bits per heavy atom. The SMILES string of the molecule is COc1ccccc1[C@H](C)NC1CCCS(=O)(=O)C1. The number of benzene rings is 1. The van der Waals surface area contributed by atoms with E-state index in [9.17, 15) is 8.42 Å². The predicted molar refractivity (Wildman–Crippen MR) is 76.2 cm³/mol. The fourth-order valence-electron chi connectivity index (χ4n) is 2.62. The third-order valence-corrected chi connectivity index (χ3v) is 5.38. The molecular weight excluding hydrogens is 262 g/mol. The zero-order valence-corrected chi connectivity index (χ0v) is 12.2. The van der Waals surface area contributed by atoms with E-state index in [-0.39, 0.29) is 17.8 Å². The van der Waals surface area contributed by atoms with Crippen molar-refractivity contribution >= 4 is 9.84 Å². The Morgan fingerprint density at radius 1 is 1.37 bits per heavy atom. The van der Waals surface area contributed by atoms with Crippen molar-refractivity contribution in [2.45, 2.75) is 31.8 Å². The third-order valence-electron chi connectivity index (χ3n) is 3.55. The van der Waals surface area contributed by atoms with Crippen LogP contribution in [0.4, 0.5) is 0 Å². The molecule has 0 bridgehead atoms. The van der Waals surface area contributed by atoms with Gasteiger partial charge in [0, 0.05) is 17.6 Å². The molecule has 1 aromatic rings. The van der Waals surface area contributed by atoms with Gasteiger partial charge in [-0.1, -0.05) is 18.2 Å². The summed E-state index contributed by atoms with van der Waals surface area (Å²) in [5, 5.41) is 3.41. The lowest BCUT2D eigenvalue weighted by Crippen LogP contribution is -2.41. The zero-order valence-electron chi connectivity index (χ0n) is 11.4. The van der Waals surface area contributed by atoms with Crippen LogP contribution in [0.5, 0.6) is 5.75 Å². The molecule has 1 fully saturated rings. The maximum Gasteiger partial charge on any atom is 0.151 e. The highest BCUT2D eigenvalue weighted by molar-refractivity contribution is 7.91. The molecule has 2 atom stereocenters. The molecule has 1 aliphatic heterocycles. The predicted octanol–water partition coefficient (Wildman–Crippen LogP) is 1.92. The lowest BCUT2D eigenvalue weighted by atomic mass is 10.1. The van der Waals surface area contributed by atoms with Crippen molar-refractivity contribution in [2.24, 2.45) is 0 Å². The largest absolute Gasteiger partial charge is 0.496 e.